The maximum absolute atomic E-state index is 12.5. The lowest BCUT2D eigenvalue weighted by Crippen LogP contribution is -2.10. The molecule has 0 saturated heterocycles. The minimum absolute atomic E-state index is 0.214. The number of H-pyrrole nitrogens is 2. The molecular formula is C21H28N2O6. The highest BCUT2D eigenvalue weighted by molar-refractivity contribution is 5.99. The molecule has 2 aromatic rings. The van der Waals surface area contributed by atoms with Crippen molar-refractivity contribution in [3.05, 3.63) is 45.0 Å². The zero-order chi connectivity index (χ0) is 21.7. The number of aromatic amines is 2. The van der Waals surface area contributed by atoms with E-state index in [1.807, 2.05) is 6.92 Å². The first-order valence-corrected chi connectivity index (χ1v) is 9.67. The minimum atomic E-state index is -0.534. The van der Waals surface area contributed by atoms with Gasteiger partial charge in [0, 0.05) is 23.5 Å². The maximum Gasteiger partial charge on any atom is 0.355 e. The number of carbonyl (C=O) groups excluding carboxylic acids is 3. The topological polar surface area (TPSA) is 110 Å². The monoisotopic (exact) mass is 404 g/mol. The van der Waals surface area contributed by atoms with Gasteiger partial charge in [-0.3, -0.25) is 0 Å². The van der Waals surface area contributed by atoms with Crippen LogP contribution in [-0.2, 0) is 20.6 Å². The average molecular weight is 404 g/mol. The highest BCUT2D eigenvalue weighted by Gasteiger charge is 2.27. The molecule has 158 valence electrons. The molecule has 8 heteroatoms. The Hall–Kier alpha value is -3.03. The van der Waals surface area contributed by atoms with Crippen LogP contribution in [0.1, 0.15) is 80.2 Å². The van der Waals surface area contributed by atoms with E-state index in [9.17, 15) is 14.4 Å². The van der Waals surface area contributed by atoms with E-state index in [-0.39, 0.29) is 31.9 Å². The Bertz CT molecular complexity index is 922. The molecule has 0 aliphatic heterocycles. The second-order valence-corrected chi connectivity index (χ2v) is 6.55. The predicted octanol–water partition coefficient (Wildman–Crippen LogP) is 3.39. The first-order valence-electron chi connectivity index (χ1n) is 9.67. The van der Waals surface area contributed by atoms with Gasteiger partial charge in [0.1, 0.15) is 5.69 Å². The summed E-state index contributed by atoms with van der Waals surface area (Å²) in [6.07, 6.45) is 0.278. The van der Waals surface area contributed by atoms with Gasteiger partial charge in [0.15, 0.2) is 0 Å². The van der Waals surface area contributed by atoms with Gasteiger partial charge < -0.3 is 24.2 Å². The van der Waals surface area contributed by atoms with E-state index in [1.165, 1.54) is 0 Å². The molecule has 0 aromatic carbocycles. The minimum Gasteiger partial charge on any atom is -0.462 e. The molecule has 2 N–H and O–H groups in total. The first kappa shape index (κ1) is 22.3. The van der Waals surface area contributed by atoms with Crippen molar-refractivity contribution in [2.24, 2.45) is 0 Å². The van der Waals surface area contributed by atoms with Gasteiger partial charge in [-0.25, -0.2) is 14.4 Å². The van der Waals surface area contributed by atoms with E-state index < -0.39 is 17.9 Å². The number of carbonyl (C=O) groups is 3. The third kappa shape index (κ3) is 4.52. The molecule has 0 fully saturated rings. The highest BCUT2D eigenvalue weighted by atomic mass is 16.5. The smallest absolute Gasteiger partial charge is 0.355 e. The Morgan fingerprint density at radius 2 is 1.21 bits per heavy atom. The van der Waals surface area contributed by atoms with Gasteiger partial charge in [0.2, 0.25) is 0 Å². The van der Waals surface area contributed by atoms with E-state index >= 15 is 0 Å². The summed E-state index contributed by atoms with van der Waals surface area (Å²) < 4.78 is 15.4. The van der Waals surface area contributed by atoms with Crippen LogP contribution in [-0.4, -0.2) is 47.7 Å². The Morgan fingerprint density at radius 1 is 0.690 bits per heavy atom. The molecule has 0 saturated carbocycles. The van der Waals surface area contributed by atoms with Crippen molar-refractivity contribution in [1.29, 1.82) is 0 Å². The van der Waals surface area contributed by atoms with Gasteiger partial charge >= 0.3 is 17.9 Å². The Labute approximate surface area is 169 Å². The molecule has 0 radical (unpaired) electrons. The van der Waals surface area contributed by atoms with E-state index in [1.54, 1.807) is 34.6 Å². The van der Waals surface area contributed by atoms with Crippen LogP contribution in [0.2, 0.25) is 0 Å². The average Bonchev–Trinajstić information content (AvgIpc) is 3.12. The van der Waals surface area contributed by atoms with E-state index in [2.05, 4.69) is 9.97 Å². The third-order valence-corrected chi connectivity index (χ3v) is 4.66. The van der Waals surface area contributed by atoms with Gasteiger partial charge in [-0.2, -0.15) is 0 Å². The number of ether oxygens (including phenoxy) is 3. The largest absolute Gasteiger partial charge is 0.462 e. The SMILES string of the molecule is CCOC(=O)c1[nH]c(Cc2[nH]c(C)c(C(=O)OCC)c2C)c(C(=O)OCC)c1C. The second-order valence-electron chi connectivity index (χ2n) is 6.55. The zero-order valence-corrected chi connectivity index (χ0v) is 17.8. The first-order chi connectivity index (χ1) is 13.8. The van der Waals surface area contributed by atoms with Crippen molar-refractivity contribution in [1.82, 2.24) is 9.97 Å². The molecule has 0 aliphatic carbocycles. The van der Waals surface area contributed by atoms with Crippen molar-refractivity contribution in [3.8, 4) is 0 Å². The van der Waals surface area contributed by atoms with Gasteiger partial charge in [0.05, 0.1) is 30.9 Å². The van der Waals surface area contributed by atoms with Crippen molar-refractivity contribution >= 4 is 17.9 Å². The molecule has 2 heterocycles. The third-order valence-electron chi connectivity index (χ3n) is 4.66. The van der Waals surface area contributed by atoms with Crippen LogP contribution >= 0.6 is 0 Å². The maximum atomic E-state index is 12.5. The molecule has 0 aliphatic rings. The van der Waals surface area contributed by atoms with Gasteiger partial charge in [-0.05, 0) is 52.7 Å². The normalized spacial score (nSPS) is 10.7. The molecule has 8 nitrogen and oxygen atoms in total. The predicted molar refractivity (Wildman–Crippen MR) is 106 cm³/mol. The fourth-order valence-electron chi connectivity index (χ4n) is 3.36. The number of aromatic nitrogens is 2. The summed E-state index contributed by atoms with van der Waals surface area (Å²) in [5.74, 6) is -1.45. The van der Waals surface area contributed by atoms with Crippen molar-refractivity contribution < 1.29 is 28.6 Å². The Morgan fingerprint density at radius 3 is 1.76 bits per heavy atom. The summed E-state index contributed by atoms with van der Waals surface area (Å²) in [6.45, 7) is 11.2. The lowest BCUT2D eigenvalue weighted by molar-refractivity contribution is 0.0510. The lowest BCUT2D eigenvalue weighted by Gasteiger charge is -2.06. The summed E-state index contributed by atoms with van der Waals surface area (Å²) >= 11 is 0. The number of esters is 3. The quantitative estimate of drug-likeness (QED) is 0.515. The standard InChI is InChI=1S/C21H28N2O6/c1-7-27-19(24)16-11(4)14(22-13(16)6)10-15-17(20(25)28-8-2)12(5)18(23-15)21(26)29-9-3/h22-23H,7-10H2,1-6H3. The Balaban J connectivity index is 2.50. The number of nitrogens with one attached hydrogen (secondary N) is 2. The van der Waals surface area contributed by atoms with E-state index in [4.69, 9.17) is 14.2 Å². The van der Waals surface area contributed by atoms with Crippen LogP contribution in [0.4, 0.5) is 0 Å². The van der Waals surface area contributed by atoms with Crippen LogP contribution in [0.15, 0.2) is 0 Å². The van der Waals surface area contributed by atoms with Crippen LogP contribution in [0, 0.1) is 20.8 Å². The van der Waals surface area contributed by atoms with Gasteiger partial charge in [-0.1, -0.05) is 0 Å². The summed E-state index contributed by atoms with van der Waals surface area (Å²) in [7, 11) is 0. The molecular weight excluding hydrogens is 376 g/mol. The number of hydrogen-bond donors (Lipinski definition) is 2. The van der Waals surface area contributed by atoms with Crippen LogP contribution in [0.5, 0.6) is 0 Å². The van der Waals surface area contributed by atoms with Crippen molar-refractivity contribution in [2.75, 3.05) is 19.8 Å². The number of hydrogen-bond acceptors (Lipinski definition) is 6. The molecule has 0 atom stereocenters. The number of rotatable bonds is 8. The fourth-order valence-corrected chi connectivity index (χ4v) is 3.36. The summed E-state index contributed by atoms with van der Waals surface area (Å²) in [6, 6.07) is 0. The van der Waals surface area contributed by atoms with Crippen molar-refractivity contribution in [2.45, 2.75) is 48.0 Å². The van der Waals surface area contributed by atoms with Crippen LogP contribution in [0.25, 0.3) is 0 Å². The molecule has 2 aromatic heterocycles. The zero-order valence-electron chi connectivity index (χ0n) is 17.8. The Kier molecular flexibility index (Phi) is 7.25. The van der Waals surface area contributed by atoms with Gasteiger partial charge in [0.25, 0.3) is 0 Å². The van der Waals surface area contributed by atoms with Gasteiger partial charge in [-0.15, -0.1) is 0 Å². The number of aryl methyl sites for hydroxylation is 1. The second kappa shape index (κ2) is 9.45. The van der Waals surface area contributed by atoms with E-state index in [0.29, 0.717) is 28.1 Å². The molecule has 0 spiro atoms. The molecule has 2 rings (SSSR count). The highest BCUT2D eigenvalue weighted by Crippen LogP contribution is 2.26. The molecule has 0 amide bonds. The lowest BCUT2D eigenvalue weighted by atomic mass is 10.0. The molecule has 0 unspecified atom stereocenters. The van der Waals surface area contributed by atoms with Crippen LogP contribution < -0.4 is 0 Å². The van der Waals surface area contributed by atoms with Crippen LogP contribution in [0.3, 0.4) is 0 Å². The molecule has 29 heavy (non-hydrogen) atoms. The fraction of sp³-hybridized carbons (Fsp3) is 0.476. The van der Waals surface area contributed by atoms with Crippen molar-refractivity contribution in [3.63, 3.8) is 0 Å². The summed E-state index contributed by atoms with van der Waals surface area (Å²) in [5, 5.41) is 0. The summed E-state index contributed by atoms with van der Waals surface area (Å²) in [5.41, 5.74) is 4.16. The molecule has 0 bridgehead atoms. The summed E-state index contributed by atoms with van der Waals surface area (Å²) in [4.78, 5) is 43.3. The van der Waals surface area contributed by atoms with E-state index in [0.717, 1.165) is 11.3 Å².